The molecule has 0 aromatic heterocycles. The van der Waals surface area contributed by atoms with Crippen molar-refractivity contribution < 1.29 is 41.1 Å². The number of likely N-dealkylation sites (tertiary alicyclic amines) is 1. The average molecular weight is 727 g/mol. The molecule has 1 aliphatic heterocycles. The second kappa shape index (κ2) is 15.1. The molecular formula is C25H30F3IN6O6S. The summed E-state index contributed by atoms with van der Waals surface area (Å²) in [5.74, 6) is -3.79. The minimum atomic E-state index is -5.08. The monoisotopic (exact) mass is 726 g/mol. The van der Waals surface area contributed by atoms with Crippen molar-refractivity contribution >= 4 is 61.9 Å². The van der Waals surface area contributed by atoms with Gasteiger partial charge in [-0.1, -0.05) is 12.1 Å². The van der Waals surface area contributed by atoms with Gasteiger partial charge < -0.3 is 26.8 Å². The van der Waals surface area contributed by atoms with Crippen molar-refractivity contribution in [2.45, 2.75) is 36.4 Å². The Morgan fingerprint density at radius 2 is 1.74 bits per heavy atom. The molecule has 230 valence electrons. The second-order valence-corrected chi connectivity index (χ2v) is 12.2. The van der Waals surface area contributed by atoms with E-state index in [1.165, 1.54) is 12.1 Å². The van der Waals surface area contributed by atoms with E-state index in [0.29, 0.717) is 13.1 Å². The molecule has 2 atom stereocenters. The Bertz CT molecular complexity index is 1390. The van der Waals surface area contributed by atoms with E-state index in [2.05, 4.69) is 32.6 Å². The number of ketones is 1. The van der Waals surface area contributed by atoms with E-state index in [-0.39, 0.29) is 34.6 Å². The van der Waals surface area contributed by atoms with Gasteiger partial charge in [0.15, 0.2) is 11.7 Å². The number of amides is 1. The lowest BCUT2D eigenvalue weighted by Gasteiger charge is -2.33. The summed E-state index contributed by atoms with van der Waals surface area (Å²) in [5.41, 5.74) is 12.0. The zero-order chi connectivity index (χ0) is 31.7. The zero-order valence-corrected chi connectivity index (χ0v) is 25.0. The molecule has 1 aliphatic rings. The van der Waals surface area contributed by atoms with Crippen LogP contribution in [0.5, 0.6) is 0 Å². The van der Waals surface area contributed by atoms with Crippen LogP contribution >= 0.6 is 22.6 Å². The third-order valence-corrected chi connectivity index (χ3v) is 8.26. The Morgan fingerprint density at radius 1 is 1.14 bits per heavy atom. The second-order valence-electron chi connectivity index (χ2n) is 9.23. The number of alkyl halides is 3. The minimum Gasteiger partial charge on any atom is -0.475 e. The number of guanidine groups is 1. The van der Waals surface area contributed by atoms with Crippen LogP contribution in [0, 0.1) is 14.9 Å². The molecule has 17 heteroatoms. The number of Topliss-reactive ketones (excluding diaryl/α,β-unsaturated/α-hetero) is 1. The number of benzene rings is 2. The summed E-state index contributed by atoms with van der Waals surface area (Å²) < 4.78 is 61.0. The number of carbonyl (C=O) groups excluding carboxylic acids is 2. The Balaban J connectivity index is 0.000000782. The molecule has 1 heterocycles. The Morgan fingerprint density at radius 3 is 2.29 bits per heavy atom. The summed E-state index contributed by atoms with van der Waals surface area (Å²) in [6.45, 7) is 1.48. The largest absolute Gasteiger partial charge is 0.490 e. The first-order valence-corrected chi connectivity index (χ1v) is 14.9. The maximum absolute atomic E-state index is 13.1. The molecule has 0 bridgehead atoms. The van der Waals surface area contributed by atoms with Gasteiger partial charge in [0.1, 0.15) is 6.04 Å². The quantitative estimate of drug-likeness (QED) is 0.0735. The number of nitrogen functional groups attached to an aromatic ring is 1. The van der Waals surface area contributed by atoms with Crippen molar-refractivity contribution in [3.63, 3.8) is 0 Å². The molecule has 8 N–H and O–H groups in total. The van der Waals surface area contributed by atoms with Crippen molar-refractivity contribution in [3.05, 3.63) is 57.7 Å². The van der Waals surface area contributed by atoms with Crippen LogP contribution in [0.1, 0.15) is 29.6 Å². The first-order chi connectivity index (χ1) is 19.5. The number of carboxylic acid groups (broad SMARTS) is 1. The van der Waals surface area contributed by atoms with Gasteiger partial charge in [-0.2, -0.15) is 17.9 Å². The van der Waals surface area contributed by atoms with Crippen LogP contribution in [-0.2, 0) is 19.6 Å². The molecule has 0 saturated carbocycles. The van der Waals surface area contributed by atoms with Crippen molar-refractivity contribution in [1.82, 2.24) is 14.9 Å². The lowest BCUT2D eigenvalue weighted by Crippen LogP contribution is -2.50. The molecule has 3 rings (SSSR count). The Kier molecular flexibility index (Phi) is 12.5. The number of hydrogen-bond donors (Lipinski definition) is 6. The number of carboxylic acids is 1. The molecule has 2 aromatic carbocycles. The van der Waals surface area contributed by atoms with Gasteiger partial charge in [0, 0.05) is 40.9 Å². The molecule has 0 radical (unpaired) electrons. The Hall–Kier alpha value is -3.45. The number of para-hydroxylation sites is 1. The first-order valence-electron chi connectivity index (χ1n) is 12.3. The van der Waals surface area contributed by atoms with E-state index in [1.54, 1.807) is 41.3 Å². The predicted octanol–water partition coefficient (Wildman–Crippen LogP) is 2.15. The van der Waals surface area contributed by atoms with Crippen LogP contribution in [0.25, 0.3) is 0 Å². The van der Waals surface area contributed by atoms with E-state index < -0.39 is 46.3 Å². The summed E-state index contributed by atoms with van der Waals surface area (Å²) >= 11 is 2.06. The average Bonchev–Trinajstić information content (AvgIpc) is 2.91. The number of nitrogens with one attached hydrogen (secondary N) is 3. The zero-order valence-electron chi connectivity index (χ0n) is 22.0. The minimum absolute atomic E-state index is 0.00762. The van der Waals surface area contributed by atoms with Gasteiger partial charge in [-0.05, 0) is 77.7 Å². The molecule has 42 heavy (non-hydrogen) atoms. The Labute approximate surface area is 253 Å². The SMILES string of the molecule is N=C(N)N1CCCC(CNC(=O)[C@@H](CC(=O)c2ccccc2N)NS(=O)(=O)c2ccc(I)cc2)C1.O=C(O)C(F)(F)F. The van der Waals surface area contributed by atoms with Gasteiger partial charge in [-0.15, -0.1) is 0 Å². The molecular weight excluding hydrogens is 696 g/mol. The molecule has 0 spiro atoms. The van der Waals surface area contributed by atoms with E-state index in [0.717, 1.165) is 16.4 Å². The van der Waals surface area contributed by atoms with Gasteiger partial charge in [-0.25, -0.2) is 13.2 Å². The van der Waals surface area contributed by atoms with Gasteiger partial charge in [0.2, 0.25) is 15.9 Å². The van der Waals surface area contributed by atoms with Crippen molar-refractivity contribution in [3.8, 4) is 0 Å². The molecule has 0 aliphatic carbocycles. The normalized spacial score (nSPS) is 16.0. The number of nitrogens with zero attached hydrogens (tertiary/aromatic N) is 1. The van der Waals surface area contributed by atoms with Crippen LogP contribution in [0.15, 0.2) is 53.4 Å². The van der Waals surface area contributed by atoms with Crippen molar-refractivity contribution in [2.24, 2.45) is 11.7 Å². The van der Waals surface area contributed by atoms with Crippen molar-refractivity contribution in [2.75, 3.05) is 25.4 Å². The molecule has 1 fully saturated rings. The summed E-state index contributed by atoms with van der Waals surface area (Å²) in [6.07, 6.45) is -3.81. The summed E-state index contributed by atoms with van der Waals surface area (Å²) in [6, 6.07) is 11.3. The number of anilines is 1. The van der Waals surface area contributed by atoms with Gasteiger partial charge >= 0.3 is 12.1 Å². The molecule has 1 unspecified atom stereocenters. The third kappa shape index (κ3) is 10.8. The van der Waals surface area contributed by atoms with Crippen LogP contribution in [0.4, 0.5) is 18.9 Å². The number of carbonyl (C=O) groups is 3. The van der Waals surface area contributed by atoms with Crippen LogP contribution in [-0.4, -0.2) is 73.9 Å². The van der Waals surface area contributed by atoms with E-state index in [4.69, 9.17) is 26.8 Å². The number of sulfonamides is 1. The van der Waals surface area contributed by atoms with Gasteiger partial charge in [-0.3, -0.25) is 15.0 Å². The molecule has 1 saturated heterocycles. The number of rotatable bonds is 9. The molecule has 2 aromatic rings. The predicted molar refractivity (Wildman–Crippen MR) is 156 cm³/mol. The number of aliphatic carboxylic acids is 1. The van der Waals surface area contributed by atoms with E-state index in [9.17, 15) is 31.2 Å². The van der Waals surface area contributed by atoms with Crippen molar-refractivity contribution in [1.29, 1.82) is 5.41 Å². The summed E-state index contributed by atoms with van der Waals surface area (Å²) in [5, 5.41) is 17.5. The van der Waals surface area contributed by atoms with Crippen LogP contribution in [0.2, 0.25) is 0 Å². The van der Waals surface area contributed by atoms with Gasteiger partial charge in [0.05, 0.1) is 4.90 Å². The first kappa shape index (κ1) is 34.7. The lowest BCUT2D eigenvalue weighted by atomic mass is 9.97. The highest BCUT2D eigenvalue weighted by Crippen LogP contribution is 2.18. The number of piperidine rings is 1. The van der Waals surface area contributed by atoms with Crippen LogP contribution < -0.4 is 21.5 Å². The highest BCUT2D eigenvalue weighted by molar-refractivity contribution is 14.1. The highest BCUT2D eigenvalue weighted by atomic mass is 127. The fourth-order valence-corrected chi connectivity index (χ4v) is 5.48. The highest BCUT2D eigenvalue weighted by Gasteiger charge is 2.38. The standard InChI is InChI=1S/C23H29IN6O4S.C2HF3O2/c24-16-7-9-17(10-8-16)35(33,34)29-20(12-21(31)18-5-1-2-6-19(18)25)22(32)28-13-15-4-3-11-30(14-15)23(26)27;3-2(4,5)1(6)7/h1-2,5-10,15,20,29H,3-4,11-14,25H2,(H3,26,27)(H,28,32);(H,6,7)/t15?,20-;/m1./s1. The van der Waals surface area contributed by atoms with Gasteiger partial charge in [0.25, 0.3) is 0 Å². The van der Waals surface area contributed by atoms with E-state index >= 15 is 0 Å². The number of nitrogens with two attached hydrogens (primary N) is 2. The summed E-state index contributed by atoms with van der Waals surface area (Å²) in [7, 11) is -4.07. The van der Waals surface area contributed by atoms with Crippen LogP contribution in [0.3, 0.4) is 0 Å². The topological polar surface area (TPSA) is 209 Å². The fourth-order valence-electron chi connectivity index (χ4n) is 3.92. The number of halogens is 4. The molecule has 1 amide bonds. The maximum Gasteiger partial charge on any atom is 0.490 e. The lowest BCUT2D eigenvalue weighted by molar-refractivity contribution is -0.192. The molecule has 12 nitrogen and oxygen atoms in total. The number of hydrogen-bond acceptors (Lipinski definition) is 7. The third-order valence-electron chi connectivity index (χ3n) is 6.06. The maximum atomic E-state index is 13.1. The fraction of sp³-hybridized carbons (Fsp3) is 0.360. The van der Waals surface area contributed by atoms with E-state index in [1.807, 2.05) is 0 Å². The smallest absolute Gasteiger partial charge is 0.475 e. The summed E-state index contributed by atoms with van der Waals surface area (Å²) in [4.78, 5) is 36.7.